The van der Waals surface area contributed by atoms with Crippen molar-refractivity contribution in [1.29, 1.82) is 0 Å². The zero-order chi connectivity index (χ0) is 15.4. The molecule has 1 aromatic rings. The van der Waals surface area contributed by atoms with Gasteiger partial charge in [-0.05, 0) is 31.2 Å². The van der Waals surface area contributed by atoms with Crippen LogP contribution in [0.3, 0.4) is 0 Å². The molecule has 2 fully saturated rings. The van der Waals surface area contributed by atoms with Gasteiger partial charge in [0.05, 0.1) is 19.3 Å². The molecule has 0 bridgehead atoms. The Labute approximate surface area is 136 Å². The maximum Gasteiger partial charge on any atom is 0.318 e. The number of nitrogens with one attached hydrogen (secondary N) is 1. The summed E-state index contributed by atoms with van der Waals surface area (Å²) in [6, 6.07) is 4.70. The Morgan fingerprint density at radius 3 is 3.00 bits per heavy atom. The third-order valence-corrected chi connectivity index (χ3v) is 5.36. The molecule has 2 aliphatic heterocycles. The van der Waals surface area contributed by atoms with Crippen LogP contribution in [0.4, 0.5) is 4.79 Å². The summed E-state index contributed by atoms with van der Waals surface area (Å²) in [5.41, 5.74) is 0. The summed E-state index contributed by atoms with van der Waals surface area (Å²) < 4.78 is 5.36. The zero-order valence-corrected chi connectivity index (χ0v) is 14.0. The van der Waals surface area contributed by atoms with Crippen LogP contribution in [0.5, 0.6) is 0 Å². The van der Waals surface area contributed by atoms with Gasteiger partial charge in [-0.3, -0.25) is 4.90 Å². The second kappa shape index (κ2) is 7.44. The highest BCUT2D eigenvalue weighted by Crippen LogP contribution is 2.34. The number of urea groups is 1. The number of rotatable bonds is 4. The number of morpholine rings is 1. The summed E-state index contributed by atoms with van der Waals surface area (Å²) in [5, 5.41) is 5.26. The van der Waals surface area contributed by atoms with Gasteiger partial charge in [-0.25, -0.2) is 4.79 Å². The first kappa shape index (κ1) is 15.8. The molecule has 6 heteroatoms. The smallest absolute Gasteiger partial charge is 0.318 e. The van der Waals surface area contributed by atoms with Gasteiger partial charge in [-0.15, -0.1) is 11.3 Å². The van der Waals surface area contributed by atoms with Crippen LogP contribution >= 0.6 is 11.3 Å². The predicted octanol–water partition coefficient (Wildman–Crippen LogP) is 2.32. The molecule has 2 atom stereocenters. The molecule has 2 saturated heterocycles. The topological polar surface area (TPSA) is 44.8 Å². The Morgan fingerprint density at radius 2 is 2.27 bits per heavy atom. The van der Waals surface area contributed by atoms with E-state index < -0.39 is 0 Å². The number of nitrogens with zero attached hydrogens (tertiary/aromatic N) is 2. The van der Waals surface area contributed by atoms with Crippen LogP contribution in [0.1, 0.15) is 30.7 Å². The number of ether oxygens (including phenoxy) is 1. The molecule has 3 rings (SSSR count). The largest absolute Gasteiger partial charge is 0.379 e. The van der Waals surface area contributed by atoms with Crippen molar-refractivity contribution in [1.82, 2.24) is 15.1 Å². The minimum absolute atomic E-state index is 0.0802. The van der Waals surface area contributed by atoms with Crippen molar-refractivity contribution in [2.75, 3.05) is 39.4 Å². The molecule has 0 radical (unpaired) electrons. The van der Waals surface area contributed by atoms with Crippen LogP contribution in [0.25, 0.3) is 0 Å². The van der Waals surface area contributed by atoms with Gasteiger partial charge in [0.25, 0.3) is 0 Å². The molecular weight excluding hydrogens is 298 g/mol. The molecule has 122 valence electrons. The molecule has 2 aliphatic rings. The van der Waals surface area contributed by atoms with E-state index in [1.165, 1.54) is 4.88 Å². The Kier molecular flexibility index (Phi) is 5.33. The van der Waals surface area contributed by atoms with Gasteiger partial charge in [0.1, 0.15) is 0 Å². The molecule has 1 N–H and O–H groups in total. The Morgan fingerprint density at radius 1 is 1.45 bits per heavy atom. The van der Waals surface area contributed by atoms with Crippen LogP contribution in [0.2, 0.25) is 0 Å². The first-order valence-electron chi connectivity index (χ1n) is 8.14. The van der Waals surface area contributed by atoms with Crippen molar-refractivity contribution in [3.8, 4) is 0 Å². The van der Waals surface area contributed by atoms with Gasteiger partial charge >= 0.3 is 6.03 Å². The summed E-state index contributed by atoms with van der Waals surface area (Å²) >= 11 is 1.74. The van der Waals surface area contributed by atoms with Crippen molar-refractivity contribution in [2.24, 2.45) is 0 Å². The standard InChI is InChI=1S/C16H25N3O2S/c1-13(12-18-7-9-21-10-8-18)17-16(20)19-6-2-4-14(19)15-5-3-11-22-15/h3,5,11,13-14H,2,4,6-10,12H2,1H3,(H,17,20)/t13-,14-/m0/s1. The predicted molar refractivity (Wildman–Crippen MR) is 88.3 cm³/mol. The highest BCUT2D eigenvalue weighted by atomic mass is 32.1. The average molecular weight is 323 g/mol. The van der Waals surface area contributed by atoms with Gasteiger partial charge in [0.15, 0.2) is 0 Å². The SMILES string of the molecule is C[C@@H](CN1CCOCC1)NC(=O)N1CCC[C@H]1c1cccs1. The fourth-order valence-electron chi connectivity index (χ4n) is 3.30. The highest BCUT2D eigenvalue weighted by Gasteiger charge is 2.31. The van der Waals surface area contributed by atoms with Crippen molar-refractivity contribution < 1.29 is 9.53 Å². The van der Waals surface area contributed by atoms with E-state index in [2.05, 4.69) is 34.7 Å². The summed E-state index contributed by atoms with van der Waals surface area (Å²) in [6.45, 7) is 7.36. The highest BCUT2D eigenvalue weighted by molar-refractivity contribution is 7.10. The van der Waals surface area contributed by atoms with E-state index >= 15 is 0 Å². The van der Waals surface area contributed by atoms with E-state index in [0.29, 0.717) is 0 Å². The minimum atomic E-state index is 0.0802. The summed E-state index contributed by atoms with van der Waals surface area (Å²) in [4.78, 5) is 18.2. The van der Waals surface area contributed by atoms with Crippen molar-refractivity contribution >= 4 is 17.4 Å². The fourth-order valence-corrected chi connectivity index (χ4v) is 4.17. The van der Waals surface area contributed by atoms with E-state index in [1.54, 1.807) is 11.3 Å². The number of hydrogen-bond acceptors (Lipinski definition) is 4. The van der Waals surface area contributed by atoms with E-state index in [4.69, 9.17) is 4.74 Å². The monoisotopic (exact) mass is 323 g/mol. The summed E-state index contributed by atoms with van der Waals surface area (Å²) in [6.07, 6.45) is 2.17. The van der Waals surface area contributed by atoms with Gasteiger partial charge in [-0.1, -0.05) is 6.07 Å². The fraction of sp³-hybridized carbons (Fsp3) is 0.688. The normalized spacial score (nSPS) is 24.4. The molecule has 0 aromatic carbocycles. The molecule has 22 heavy (non-hydrogen) atoms. The van der Waals surface area contributed by atoms with Crippen molar-refractivity contribution in [3.05, 3.63) is 22.4 Å². The number of thiophene rings is 1. The van der Waals surface area contributed by atoms with E-state index in [-0.39, 0.29) is 18.1 Å². The number of amides is 2. The minimum Gasteiger partial charge on any atom is -0.379 e. The molecular formula is C16H25N3O2S. The Balaban J connectivity index is 1.52. The first-order chi connectivity index (χ1) is 10.7. The molecule has 2 amide bonds. The number of carbonyl (C=O) groups is 1. The second-order valence-electron chi connectivity index (χ2n) is 6.13. The zero-order valence-electron chi connectivity index (χ0n) is 13.2. The first-order valence-corrected chi connectivity index (χ1v) is 9.02. The van der Waals surface area contributed by atoms with Gasteiger partial charge in [0.2, 0.25) is 0 Å². The third kappa shape index (κ3) is 3.80. The van der Waals surface area contributed by atoms with Crippen LogP contribution in [0, 0.1) is 0 Å². The van der Waals surface area contributed by atoms with Crippen molar-refractivity contribution in [2.45, 2.75) is 31.8 Å². The van der Waals surface area contributed by atoms with Gasteiger partial charge in [0, 0.05) is 37.1 Å². The average Bonchev–Trinajstić information content (AvgIpc) is 3.19. The van der Waals surface area contributed by atoms with Crippen LogP contribution < -0.4 is 5.32 Å². The quantitative estimate of drug-likeness (QED) is 0.925. The van der Waals surface area contributed by atoms with Crippen LogP contribution in [-0.2, 0) is 4.74 Å². The van der Waals surface area contributed by atoms with E-state index in [1.807, 2.05) is 4.90 Å². The molecule has 0 aliphatic carbocycles. The number of likely N-dealkylation sites (tertiary alicyclic amines) is 1. The number of hydrogen-bond donors (Lipinski definition) is 1. The van der Waals surface area contributed by atoms with Crippen molar-refractivity contribution in [3.63, 3.8) is 0 Å². The molecule has 0 saturated carbocycles. The van der Waals surface area contributed by atoms with Gasteiger partial charge in [-0.2, -0.15) is 0 Å². The third-order valence-electron chi connectivity index (χ3n) is 4.39. The maximum absolute atomic E-state index is 12.6. The van der Waals surface area contributed by atoms with Crippen LogP contribution in [-0.4, -0.2) is 61.3 Å². The Bertz CT molecular complexity index is 474. The van der Waals surface area contributed by atoms with Crippen LogP contribution in [0.15, 0.2) is 17.5 Å². The summed E-state index contributed by atoms with van der Waals surface area (Å²) in [7, 11) is 0. The molecule has 3 heterocycles. The van der Waals surface area contributed by atoms with E-state index in [0.717, 1.165) is 52.2 Å². The van der Waals surface area contributed by atoms with E-state index in [9.17, 15) is 4.79 Å². The molecule has 0 unspecified atom stereocenters. The Hall–Kier alpha value is -1.11. The second-order valence-corrected chi connectivity index (χ2v) is 7.11. The lowest BCUT2D eigenvalue weighted by Gasteiger charge is -2.31. The molecule has 0 spiro atoms. The van der Waals surface area contributed by atoms with Gasteiger partial charge < -0.3 is 15.0 Å². The lowest BCUT2D eigenvalue weighted by molar-refractivity contribution is 0.0346. The maximum atomic E-state index is 12.6. The summed E-state index contributed by atoms with van der Waals surface area (Å²) in [5.74, 6) is 0. The molecule has 1 aromatic heterocycles. The lowest BCUT2D eigenvalue weighted by Crippen LogP contribution is -2.49. The lowest BCUT2D eigenvalue weighted by atomic mass is 10.2. The molecule has 5 nitrogen and oxygen atoms in total. The number of carbonyl (C=O) groups excluding carboxylic acids is 1.